The van der Waals surface area contributed by atoms with Crippen molar-refractivity contribution in [2.75, 3.05) is 0 Å². The van der Waals surface area contributed by atoms with E-state index < -0.39 is 0 Å². The molecule has 1 rings (SSSR count). The van der Waals surface area contributed by atoms with Crippen LogP contribution in [0, 0.1) is 0 Å². The molecule has 0 aliphatic heterocycles. The Morgan fingerprint density at radius 2 is 1.56 bits per heavy atom. The number of carbonyl (C=O) groups excluding carboxylic acids is 1. The maximum absolute atomic E-state index is 12.0. The number of rotatable bonds is 8. The molecule has 1 nitrogen and oxygen atoms in total. The van der Waals surface area contributed by atoms with Gasteiger partial charge in [-0.3, -0.25) is 4.79 Å². The average molecular weight is 287 g/mol. The second-order valence-electron chi connectivity index (χ2n) is 4.54. The lowest BCUT2D eigenvalue weighted by Crippen LogP contribution is -2.01. The van der Waals surface area contributed by atoms with Crippen molar-refractivity contribution in [3.8, 4) is 0 Å². The van der Waals surface area contributed by atoms with E-state index >= 15 is 0 Å². The number of ketones is 1. The van der Waals surface area contributed by atoms with E-state index in [1.165, 1.54) is 25.7 Å². The van der Waals surface area contributed by atoms with Crippen LogP contribution in [0.1, 0.15) is 62.2 Å². The van der Waals surface area contributed by atoms with Crippen molar-refractivity contribution in [3.05, 3.63) is 33.8 Å². The monoisotopic (exact) mass is 286 g/mol. The molecular weight excluding hydrogens is 267 g/mol. The third-order valence-corrected chi connectivity index (χ3v) is 3.63. The minimum Gasteiger partial charge on any atom is -0.294 e. The lowest BCUT2D eigenvalue weighted by atomic mass is 10.0. The van der Waals surface area contributed by atoms with Gasteiger partial charge >= 0.3 is 0 Å². The molecule has 0 radical (unpaired) electrons. The van der Waals surface area contributed by atoms with Crippen LogP contribution in [0.5, 0.6) is 0 Å². The van der Waals surface area contributed by atoms with Crippen LogP contribution in [-0.4, -0.2) is 5.78 Å². The summed E-state index contributed by atoms with van der Waals surface area (Å²) in [5.41, 5.74) is 0.481. The third-order valence-electron chi connectivity index (χ3n) is 3.00. The van der Waals surface area contributed by atoms with Crippen LogP contribution in [0.3, 0.4) is 0 Å². The Bertz CT molecular complexity index is 368. The van der Waals surface area contributed by atoms with E-state index in [9.17, 15) is 4.79 Å². The summed E-state index contributed by atoms with van der Waals surface area (Å²) in [5, 5.41) is 0.914. The Kier molecular flexibility index (Phi) is 7.38. The van der Waals surface area contributed by atoms with Gasteiger partial charge in [0, 0.05) is 6.42 Å². The van der Waals surface area contributed by atoms with E-state index in [-0.39, 0.29) is 5.78 Å². The molecule has 0 amide bonds. The summed E-state index contributed by atoms with van der Waals surface area (Å²) in [6, 6.07) is 5.18. The fourth-order valence-electron chi connectivity index (χ4n) is 1.96. The molecule has 0 aliphatic rings. The lowest BCUT2D eigenvalue weighted by molar-refractivity contribution is 0.0979. The Hall–Kier alpha value is -0.530. The molecule has 0 saturated heterocycles. The zero-order valence-corrected chi connectivity index (χ0v) is 12.4. The predicted octanol–water partition coefficient (Wildman–Crippen LogP) is 5.93. The van der Waals surface area contributed by atoms with E-state index in [0.29, 0.717) is 22.0 Å². The Balaban J connectivity index is 2.37. The van der Waals surface area contributed by atoms with Gasteiger partial charge in [0.25, 0.3) is 0 Å². The molecule has 1 aromatic rings. The first kappa shape index (κ1) is 15.5. The highest BCUT2D eigenvalue weighted by molar-refractivity contribution is 6.39. The van der Waals surface area contributed by atoms with Gasteiger partial charge in [-0.2, -0.15) is 0 Å². The van der Waals surface area contributed by atoms with Crippen molar-refractivity contribution < 1.29 is 4.79 Å². The fraction of sp³-hybridized carbons (Fsp3) is 0.533. The first-order chi connectivity index (χ1) is 8.66. The lowest BCUT2D eigenvalue weighted by Gasteiger charge is -2.05. The topological polar surface area (TPSA) is 17.1 Å². The molecule has 100 valence electrons. The van der Waals surface area contributed by atoms with Crippen molar-refractivity contribution >= 4 is 29.0 Å². The summed E-state index contributed by atoms with van der Waals surface area (Å²) in [5.74, 6) is 0.0566. The van der Waals surface area contributed by atoms with Crippen molar-refractivity contribution in [2.24, 2.45) is 0 Å². The summed E-state index contributed by atoms with van der Waals surface area (Å²) in [7, 11) is 0. The minimum atomic E-state index is 0.0566. The molecule has 0 heterocycles. The van der Waals surface area contributed by atoms with Crippen LogP contribution >= 0.6 is 23.2 Å². The summed E-state index contributed by atoms with van der Waals surface area (Å²) in [4.78, 5) is 12.0. The van der Waals surface area contributed by atoms with E-state index in [1.54, 1.807) is 18.2 Å². The van der Waals surface area contributed by atoms with Gasteiger partial charge in [0.1, 0.15) is 0 Å². The SMILES string of the molecule is CCCCCCCCC(=O)c1c(Cl)cccc1Cl. The normalized spacial score (nSPS) is 10.6. The smallest absolute Gasteiger partial charge is 0.165 e. The summed E-state index contributed by atoms with van der Waals surface area (Å²) in [6.07, 6.45) is 7.56. The van der Waals surface area contributed by atoms with E-state index in [4.69, 9.17) is 23.2 Å². The van der Waals surface area contributed by atoms with E-state index in [2.05, 4.69) is 6.92 Å². The molecule has 3 heteroatoms. The van der Waals surface area contributed by atoms with Gasteiger partial charge in [-0.25, -0.2) is 0 Å². The average Bonchev–Trinajstić information content (AvgIpc) is 2.33. The van der Waals surface area contributed by atoms with Gasteiger partial charge in [-0.15, -0.1) is 0 Å². The highest BCUT2D eigenvalue weighted by atomic mass is 35.5. The largest absolute Gasteiger partial charge is 0.294 e. The van der Waals surface area contributed by atoms with Crippen molar-refractivity contribution in [3.63, 3.8) is 0 Å². The molecule has 18 heavy (non-hydrogen) atoms. The molecule has 0 fully saturated rings. The second-order valence-corrected chi connectivity index (χ2v) is 5.35. The van der Waals surface area contributed by atoms with Gasteiger partial charge in [-0.05, 0) is 18.6 Å². The van der Waals surface area contributed by atoms with Crippen LogP contribution in [0.4, 0.5) is 0 Å². The van der Waals surface area contributed by atoms with Crippen molar-refractivity contribution in [1.29, 1.82) is 0 Å². The van der Waals surface area contributed by atoms with Gasteiger partial charge in [0.05, 0.1) is 15.6 Å². The molecule has 0 aromatic heterocycles. The van der Waals surface area contributed by atoms with Crippen LogP contribution in [0.25, 0.3) is 0 Å². The maximum atomic E-state index is 12.0. The third kappa shape index (κ3) is 4.99. The first-order valence-corrected chi connectivity index (χ1v) is 7.39. The van der Waals surface area contributed by atoms with Crippen molar-refractivity contribution in [2.45, 2.75) is 51.9 Å². The van der Waals surface area contributed by atoms with Crippen LogP contribution in [-0.2, 0) is 0 Å². The highest BCUT2D eigenvalue weighted by Crippen LogP contribution is 2.26. The predicted molar refractivity (Wildman–Crippen MR) is 78.8 cm³/mol. The minimum absolute atomic E-state index is 0.0566. The number of Topliss-reactive ketones (excluding diaryl/α,β-unsaturated/α-hetero) is 1. The summed E-state index contributed by atoms with van der Waals surface area (Å²) >= 11 is 12.0. The van der Waals surface area contributed by atoms with Gasteiger partial charge in [0.2, 0.25) is 0 Å². The quantitative estimate of drug-likeness (QED) is 0.428. The van der Waals surface area contributed by atoms with E-state index in [1.807, 2.05) is 0 Å². The zero-order chi connectivity index (χ0) is 13.4. The number of halogens is 2. The zero-order valence-electron chi connectivity index (χ0n) is 10.8. The molecule has 0 aliphatic carbocycles. The number of carbonyl (C=O) groups is 1. The fourth-order valence-corrected chi connectivity index (χ4v) is 2.56. The molecule has 0 saturated carbocycles. The van der Waals surface area contributed by atoms with Gasteiger partial charge in [0.15, 0.2) is 5.78 Å². The molecule has 0 N–H and O–H groups in total. The molecular formula is C15H20Cl2O. The maximum Gasteiger partial charge on any atom is 0.165 e. The molecule has 0 unspecified atom stereocenters. The van der Waals surface area contributed by atoms with Gasteiger partial charge in [-0.1, -0.05) is 68.3 Å². The number of hydrogen-bond donors (Lipinski definition) is 0. The van der Waals surface area contributed by atoms with Crippen LogP contribution in [0.2, 0.25) is 10.0 Å². The van der Waals surface area contributed by atoms with Crippen LogP contribution in [0.15, 0.2) is 18.2 Å². The highest BCUT2D eigenvalue weighted by Gasteiger charge is 2.13. The first-order valence-electron chi connectivity index (χ1n) is 6.64. The number of benzene rings is 1. The standard InChI is InChI=1S/C15H20Cl2O/c1-2-3-4-5-6-7-11-14(18)15-12(16)9-8-10-13(15)17/h8-10H,2-7,11H2,1H3. The summed E-state index contributed by atoms with van der Waals surface area (Å²) < 4.78 is 0. The molecule has 0 bridgehead atoms. The van der Waals surface area contributed by atoms with E-state index in [0.717, 1.165) is 12.8 Å². The number of unbranched alkanes of at least 4 members (excludes halogenated alkanes) is 5. The molecule has 1 aromatic carbocycles. The Labute approximate surface area is 119 Å². The second kappa shape index (κ2) is 8.55. The Morgan fingerprint density at radius 3 is 2.17 bits per heavy atom. The molecule has 0 spiro atoms. The van der Waals surface area contributed by atoms with Gasteiger partial charge < -0.3 is 0 Å². The number of hydrogen-bond acceptors (Lipinski definition) is 1. The van der Waals surface area contributed by atoms with Crippen LogP contribution < -0.4 is 0 Å². The molecule has 0 atom stereocenters. The Morgan fingerprint density at radius 1 is 1.00 bits per heavy atom. The van der Waals surface area contributed by atoms with Crippen molar-refractivity contribution in [1.82, 2.24) is 0 Å². The summed E-state index contributed by atoms with van der Waals surface area (Å²) in [6.45, 7) is 2.20.